The van der Waals surface area contributed by atoms with Gasteiger partial charge in [-0.15, -0.1) is 0 Å². The molecule has 0 unspecified atom stereocenters. The Bertz CT molecular complexity index is 1180. The quantitative estimate of drug-likeness (QED) is 0.191. The van der Waals surface area contributed by atoms with E-state index in [1.54, 1.807) is 55.5 Å². The molecule has 3 aromatic carbocycles. The number of esters is 1. The molecule has 33 heavy (non-hydrogen) atoms. The molecule has 0 aromatic heterocycles. The van der Waals surface area contributed by atoms with Crippen LogP contribution in [0.4, 0.5) is 0 Å². The molecule has 0 aliphatic heterocycles. The van der Waals surface area contributed by atoms with Crippen molar-refractivity contribution in [1.82, 2.24) is 10.7 Å². The molecule has 3 rings (SSSR count). The van der Waals surface area contributed by atoms with Crippen molar-refractivity contribution in [3.63, 3.8) is 0 Å². The molecule has 0 fully saturated rings. The average molecular weight is 445 g/mol. The smallest absolute Gasteiger partial charge is 0.343 e. The predicted octanol–water partition coefficient (Wildman–Crippen LogP) is 3.07. The Morgan fingerprint density at radius 1 is 0.879 bits per heavy atom. The number of hydrogen-bond donors (Lipinski definition) is 2. The summed E-state index contributed by atoms with van der Waals surface area (Å²) in [6.45, 7) is 1.85. The number of rotatable bonds is 7. The highest BCUT2D eigenvalue weighted by Gasteiger charge is 2.15. The molecule has 0 heterocycles. The van der Waals surface area contributed by atoms with Gasteiger partial charge in [0.2, 0.25) is 0 Å². The highest BCUT2D eigenvalue weighted by atomic mass is 16.5. The van der Waals surface area contributed by atoms with E-state index in [-0.39, 0.29) is 12.3 Å². The van der Waals surface area contributed by atoms with Crippen LogP contribution in [0, 0.1) is 0 Å². The molecule has 0 spiro atoms. The van der Waals surface area contributed by atoms with E-state index in [9.17, 15) is 14.4 Å². The SMILES string of the molecule is COc1cccc(C(=O)Oc2ccccc2/C(C)=N/NC(=O)C(=O)NCc2ccccc2)c1. The zero-order valence-electron chi connectivity index (χ0n) is 18.2. The minimum atomic E-state index is -0.906. The number of benzene rings is 3. The maximum absolute atomic E-state index is 12.6. The van der Waals surface area contributed by atoms with Crippen molar-refractivity contribution in [2.75, 3.05) is 7.11 Å². The van der Waals surface area contributed by atoms with E-state index in [0.717, 1.165) is 5.56 Å². The van der Waals surface area contributed by atoms with Crippen LogP contribution in [0.1, 0.15) is 28.4 Å². The lowest BCUT2D eigenvalue weighted by Gasteiger charge is -2.10. The second-order valence-corrected chi connectivity index (χ2v) is 6.92. The van der Waals surface area contributed by atoms with Gasteiger partial charge >= 0.3 is 17.8 Å². The molecular weight excluding hydrogens is 422 g/mol. The van der Waals surface area contributed by atoms with Crippen molar-refractivity contribution in [3.8, 4) is 11.5 Å². The van der Waals surface area contributed by atoms with E-state index >= 15 is 0 Å². The number of nitrogens with zero attached hydrogens (tertiary/aromatic N) is 1. The van der Waals surface area contributed by atoms with Crippen LogP contribution in [0.3, 0.4) is 0 Å². The summed E-state index contributed by atoms with van der Waals surface area (Å²) in [5.41, 5.74) is 4.25. The summed E-state index contributed by atoms with van der Waals surface area (Å²) < 4.78 is 10.7. The molecule has 0 radical (unpaired) electrons. The van der Waals surface area contributed by atoms with Crippen LogP contribution < -0.4 is 20.2 Å². The lowest BCUT2D eigenvalue weighted by Crippen LogP contribution is -2.37. The summed E-state index contributed by atoms with van der Waals surface area (Å²) in [6.07, 6.45) is 0. The number of amides is 2. The third kappa shape index (κ3) is 6.51. The maximum Gasteiger partial charge on any atom is 0.343 e. The Hall–Kier alpha value is -4.46. The highest BCUT2D eigenvalue weighted by molar-refractivity contribution is 6.35. The maximum atomic E-state index is 12.6. The van der Waals surface area contributed by atoms with Gasteiger partial charge in [-0.2, -0.15) is 5.10 Å². The van der Waals surface area contributed by atoms with E-state index < -0.39 is 17.8 Å². The fourth-order valence-corrected chi connectivity index (χ4v) is 2.87. The number of hydrazone groups is 1. The van der Waals surface area contributed by atoms with Gasteiger partial charge in [-0.05, 0) is 42.8 Å². The molecule has 0 aliphatic carbocycles. The first kappa shape index (κ1) is 23.2. The molecule has 0 saturated heterocycles. The lowest BCUT2D eigenvalue weighted by atomic mass is 10.1. The highest BCUT2D eigenvalue weighted by Crippen LogP contribution is 2.21. The predicted molar refractivity (Wildman–Crippen MR) is 123 cm³/mol. The first-order valence-electron chi connectivity index (χ1n) is 10.1. The zero-order valence-corrected chi connectivity index (χ0v) is 18.2. The van der Waals surface area contributed by atoms with Crippen molar-refractivity contribution in [1.29, 1.82) is 0 Å². The number of hydrogen-bond acceptors (Lipinski definition) is 6. The molecule has 8 heteroatoms. The first-order chi connectivity index (χ1) is 16.0. The normalized spacial score (nSPS) is 10.8. The van der Waals surface area contributed by atoms with Gasteiger partial charge in [0, 0.05) is 12.1 Å². The summed E-state index contributed by atoms with van der Waals surface area (Å²) in [7, 11) is 1.51. The standard InChI is InChI=1S/C25H23N3O5/c1-17(27-28-24(30)23(29)26-16-18-9-4-3-5-10-18)21-13-6-7-14-22(21)33-25(31)19-11-8-12-20(15-19)32-2/h3-15H,16H2,1-2H3,(H,26,29)(H,28,30)/b27-17+. The van der Waals surface area contributed by atoms with Gasteiger partial charge in [0.1, 0.15) is 11.5 Å². The third-order valence-electron chi connectivity index (χ3n) is 4.61. The first-order valence-corrected chi connectivity index (χ1v) is 10.1. The summed E-state index contributed by atoms with van der Waals surface area (Å²) >= 11 is 0. The number of carbonyl (C=O) groups excluding carboxylic acids is 3. The number of nitrogens with one attached hydrogen (secondary N) is 2. The van der Waals surface area contributed by atoms with Crippen LogP contribution in [-0.4, -0.2) is 30.6 Å². The fourth-order valence-electron chi connectivity index (χ4n) is 2.87. The van der Waals surface area contributed by atoms with Gasteiger partial charge in [0.25, 0.3) is 0 Å². The minimum Gasteiger partial charge on any atom is -0.497 e. The lowest BCUT2D eigenvalue weighted by molar-refractivity contribution is -0.139. The topological polar surface area (TPSA) is 106 Å². The van der Waals surface area contributed by atoms with Crippen LogP contribution in [0.25, 0.3) is 0 Å². The van der Waals surface area contributed by atoms with Gasteiger partial charge in [0.15, 0.2) is 0 Å². The summed E-state index contributed by atoms with van der Waals surface area (Å²) in [5.74, 6) is -1.50. The Balaban J connectivity index is 1.64. The number of methoxy groups -OCH3 is 1. The molecule has 8 nitrogen and oxygen atoms in total. The number of ether oxygens (including phenoxy) is 2. The molecule has 3 aromatic rings. The number of carbonyl (C=O) groups is 3. The van der Waals surface area contributed by atoms with Crippen molar-refractivity contribution in [3.05, 3.63) is 95.6 Å². The second-order valence-electron chi connectivity index (χ2n) is 6.92. The molecule has 2 amide bonds. The van der Waals surface area contributed by atoms with Crippen LogP contribution in [0.5, 0.6) is 11.5 Å². The van der Waals surface area contributed by atoms with Crippen molar-refractivity contribution in [2.24, 2.45) is 5.10 Å². The van der Waals surface area contributed by atoms with Crippen LogP contribution in [-0.2, 0) is 16.1 Å². The molecule has 2 N–H and O–H groups in total. The molecule has 0 atom stereocenters. The van der Waals surface area contributed by atoms with Gasteiger partial charge in [0.05, 0.1) is 18.4 Å². The molecule has 0 aliphatic rings. The van der Waals surface area contributed by atoms with E-state index in [1.165, 1.54) is 7.11 Å². The van der Waals surface area contributed by atoms with Gasteiger partial charge in [-0.25, -0.2) is 10.2 Å². The Kier molecular flexibility index (Phi) is 7.91. The monoisotopic (exact) mass is 445 g/mol. The van der Waals surface area contributed by atoms with E-state index in [1.807, 2.05) is 30.3 Å². The fraction of sp³-hybridized carbons (Fsp3) is 0.120. The molecular formula is C25H23N3O5. The van der Waals surface area contributed by atoms with Crippen molar-refractivity contribution >= 4 is 23.5 Å². The van der Waals surface area contributed by atoms with Gasteiger partial charge in [-0.1, -0.05) is 48.5 Å². The van der Waals surface area contributed by atoms with Crippen LogP contribution in [0.2, 0.25) is 0 Å². The third-order valence-corrected chi connectivity index (χ3v) is 4.61. The Morgan fingerprint density at radius 3 is 2.36 bits per heavy atom. The second kappa shape index (κ2) is 11.2. The van der Waals surface area contributed by atoms with E-state index in [2.05, 4.69) is 15.8 Å². The summed E-state index contributed by atoms with van der Waals surface area (Å²) in [6, 6.07) is 22.6. The minimum absolute atomic E-state index is 0.221. The average Bonchev–Trinajstić information content (AvgIpc) is 2.86. The molecule has 0 saturated carbocycles. The van der Waals surface area contributed by atoms with Gasteiger partial charge < -0.3 is 14.8 Å². The Morgan fingerprint density at radius 2 is 1.61 bits per heavy atom. The Labute approximate surface area is 191 Å². The molecule has 168 valence electrons. The number of para-hydroxylation sites is 1. The van der Waals surface area contributed by atoms with Crippen LogP contribution >= 0.6 is 0 Å². The largest absolute Gasteiger partial charge is 0.497 e. The van der Waals surface area contributed by atoms with E-state index in [0.29, 0.717) is 22.6 Å². The summed E-state index contributed by atoms with van der Waals surface area (Å²) in [4.78, 5) is 36.7. The zero-order chi connectivity index (χ0) is 23.6. The molecule has 0 bridgehead atoms. The van der Waals surface area contributed by atoms with Crippen LogP contribution in [0.15, 0.2) is 84.0 Å². The van der Waals surface area contributed by atoms with E-state index in [4.69, 9.17) is 9.47 Å². The van der Waals surface area contributed by atoms with Crippen molar-refractivity contribution in [2.45, 2.75) is 13.5 Å². The van der Waals surface area contributed by atoms with Crippen molar-refractivity contribution < 1.29 is 23.9 Å². The summed E-state index contributed by atoms with van der Waals surface area (Å²) in [5, 5.41) is 6.51. The van der Waals surface area contributed by atoms with Gasteiger partial charge in [-0.3, -0.25) is 9.59 Å².